The molecule has 2 aromatic carbocycles. The molecule has 0 aliphatic heterocycles. The van der Waals surface area contributed by atoms with Crippen molar-refractivity contribution in [3.63, 3.8) is 0 Å². The summed E-state index contributed by atoms with van der Waals surface area (Å²) in [5.41, 5.74) is 2.05. The van der Waals surface area contributed by atoms with Gasteiger partial charge in [0, 0.05) is 18.0 Å². The molecule has 0 spiro atoms. The first-order valence-electron chi connectivity index (χ1n) is 6.83. The first kappa shape index (κ1) is 13.4. The molecule has 1 aromatic heterocycles. The minimum absolute atomic E-state index is 0.414. The summed E-state index contributed by atoms with van der Waals surface area (Å²) in [4.78, 5) is 8.60. The third-order valence-electron chi connectivity index (χ3n) is 3.22. The fourth-order valence-electron chi connectivity index (χ4n) is 2.11. The van der Waals surface area contributed by atoms with E-state index in [1.807, 2.05) is 48.5 Å². The highest BCUT2D eigenvalue weighted by molar-refractivity contribution is 5.77. The number of aromatic nitrogens is 2. The first-order chi connectivity index (χ1) is 10.3. The van der Waals surface area contributed by atoms with Crippen LogP contribution >= 0.6 is 0 Å². The Morgan fingerprint density at radius 1 is 1.05 bits per heavy atom. The van der Waals surface area contributed by atoms with Crippen molar-refractivity contribution >= 4 is 10.9 Å². The van der Waals surface area contributed by atoms with E-state index in [0.717, 1.165) is 28.6 Å². The van der Waals surface area contributed by atoms with Crippen molar-refractivity contribution in [3.8, 4) is 11.8 Å². The second-order valence-electron chi connectivity index (χ2n) is 4.66. The van der Waals surface area contributed by atoms with Gasteiger partial charge in [-0.1, -0.05) is 30.3 Å². The standard InChI is InChI=1S/C17H16N2O2/c1-20-15-7-4-5-13(11-15)9-10-21-17-18-12-14-6-2-3-8-16(14)19-17/h2-8,11-12H,9-10H2,1H3. The van der Waals surface area contributed by atoms with Gasteiger partial charge in [-0.2, -0.15) is 4.98 Å². The number of hydrogen-bond acceptors (Lipinski definition) is 4. The van der Waals surface area contributed by atoms with E-state index in [1.165, 1.54) is 0 Å². The summed E-state index contributed by atoms with van der Waals surface area (Å²) in [6.07, 6.45) is 2.57. The van der Waals surface area contributed by atoms with Gasteiger partial charge in [0.05, 0.1) is 19.2 Å². The van der Waals surface area contributed by atoms with Crippen LogP contribution < -0.4 is 9.47 Å². The molecule has 0 bridgehead atoms. The molecule has 0 saturated carbocycles. The van der Waals surface area contributed by atoms with Crippen molar-refractivity contribution in [1.82, 2.24) is 9.97 Å². The maximum atomic E-state index is 5.63. The summed E-state index contributed by atoms with van der Waals surface area (Å²) in [5, 5.41) is 1.01. The van der Waals surface area contributed by atoms with Crippen LogP contribution in [0.2, 0.25) is 0 Å². The minimum Gasteiger partial charge on any atom is -0.497 e. The van der Waals surface area contributed by atoms with Crippen LogP contribution in [0.15, 0.2) is 54.7 Å². The highest BCUT2D eigenvalue weighted by Crippen LogP contribution is 2.15. The molecule has 21 heavy (non-hydrogen) atoms. The SMILES string of the molecule is COc1cccc(CCOc2ncc3ccccc3n2)c1. The maximum absolute atomic E-state index is 5.63. The van der Waals surface area contributed by atoms with Gasteiger partial charge in [0.25, 0.3) is 0 Å². The summed E-state index contributed by atoms with van der Waals surface area (Å²) in [7, 11) is 1.67. The van der Waals surface area contributed by atoms with E-state index in [9.17, 15) is 0 Å². The molecular formula is C17H16N2O2. The third kappa shape index (κ3) is 3.28. The predicted octanol–water partition coefficient (Wildman–Crippen LogP) is 3.26. The average molecular weight is 280 g/mol. The van der Waals surface area contributed by atoms with Crippen LogP contribution in [-0.4, -0.2) is 23.7 Å². The summed E-state index contributed by atoms with van der Waals surface area (Å²) in [6.45, 7) is 0.533. The number of fused-ring (bicyclic) bond motifs is 1. The number of hydrogen-bond donors (Lipinski definition) is 0. The van der Waals surface area contributed by atoms with Gasteiger partial charge in [-0.15, -0.1) is 0 Å². The number of rotatable bonds is 5. The second-order valence-corrected chi connectivity index (χ2v) is 4.66. The van der Waals surface area contributed by atoms with Crippen molar-refractivity contribution in [3.05, 3.63) is 60.3 Å². The van der Waals surface area contributed by atoms with Crippen LogP contribution in [0.5, 0.6) is 11.8 Å². The van der Waals surface area contributed by atoms with E-state index >= 15 is 0 Å². The minimum atomic E-state index is 0.414. The lowest BCUT2D eigenvalue weighted by Crippen LogP contribution is -2.04. The average Bonchev–Trinajstić information content (AvgIpc) is 2.55. The van der Waals surface area contributed by atoms with Gasteiger partial charge in [-0.3, -0.25) is 0 Å². The van der Waals surface area contributed by atoms with E-state index < -0.39 is 0 Å². The van der Waals surface area contributed by atoms with Crippen molar-refractivity contribution in [2.24, 2.45) is 0 Å². The zero-order valence-electron chi connectivity index (χ0n) is 11.8. The Morgan fingerprint density at radius 3 is 2.86 bits per heavy atom. The number of nitrogens with zero attached hydrogens (tertiary/aromatic N) is 2. The fraction of sp³-hybridized carbons (Fsp3) is 0.176. The third-order valence-corrected chi connectivity index (χ3v) is 3.22. The predicted molar refractivity (Wildman–Crippen MR) is 81.7 cm³/mol. The molecule has 0 amide bonds. The molecule has 106 valence electrons. The molecule has 0 saturated heterocycles. The van der Waals surface area contributed by atoms with Gasteiger partial charge in [0.1, 0.15) is 5.75 Å². The molecule has 3 rings (SSSR count). The van der Waals surface area contributed by atoms with Crippen LogP contribution in [0.25, 0.3) is 10.9 Å². The van der Waals surface area contributed by atoms with Gasteiger partial charge in [-0.25, -0.2) is 4.98 Å². The Balaban J connectivity index is 1.63. The number of para-hydroxylation sites is 1. The largest absolute Gasteiger partial charge is 0.497 e. The molecule has 4 nitrogen and oxygen atoms in total. The van der Waals surface area contributed by atoms with Crippen molar-refractivity contribution in [1.29, 1.82) is 0 Å². The van der Waals surface area contributed by atoms with Crippen LogP contribution in [-0.2, 0) is 6.42 Å². The quantitative estimate of drug-likeness (QED) is 0.719. The van der Waals surface area contributed by atoms with E-state index in [-0.39, 0.29) is 0 Å². The number of ether oxygens (including phenoxy) is 2. The summed E-state index contributed by atoms with van der Waals surface area (Å²) in [5.74, 6) is 0.856. The van der Waals surface area contributed by atoms with E-state index in [2.05, 4.69) is 9.97 Å². The molecule has 0 radical (unpaired) electrons. The van der Waals surface area contributed by atoms with Crippen molar-refractivity contribution in [2.45, 2.75) is 6.42 Å². The van der Waals surface area contributed by atoms with Gasteiger partial charge in [-0.05, 0) is 23.8 Å². The first-order valence-corrected chi connectivity index (χ1v) is 6.83. The highest BCUT2D eigenvalue weighted by Gasteiger charge is 2.01. The molecule has 3 aromatic rings. The van der Waals surface area contributed by atoms with Gasteiger partial charge < -0.3 is 9.47 Å². The molecule has 0 N–H and O–H groups in total. The normalized spacial score (nSPS) is 10.5. The van der Waals surface area contributed by atoms with Gasteiger partial charge >= 0.3 is 6.01 Å². The maximum Gasteiger partial charge on any atom is 0.316 e. The topological polar surface area (TPSA) is 44.2 Å². The lowest BCUT2D eigenvalue weighted by atomic mass is 10.1. The van der Waals surface area contributed by atoms with E-state index in [4.69, 9.17) is 9.47 Å². The summed E-state index contributed by atoms with van der Waals surface area (Å²) >= 11 is 0. The number of benzene rings is 2. The van der Waals surface area contributed by atoms with Crippen LogP contribution in [0.4, 0.5) is 0 Å². The molecule has 0 aliphatic carbocycles. The summed E-state index contributed by atoms with van der Waals surface area (Å²) < 4.78 is 10.8. The van der Waals surface area contributed by atoms with E-state index in [1.54, 1.807) is 13.3 Å². The monoisotopic (exact) mass is 280 g/mol. The zero-order chi connectivity index (χ0) is 14.5. The van der Waals surface area contributed by atoms with Crippen LogP contribution in [0.1, 0.15) is 5.56 Å². The fourth-order valence-corrected chi connectivity index (χ4v) is 2.11. The Hall–Kier alpha value is -2.62. The van der Waals surface area contributed by atoms with Gasteiger partial charge in [0.15, 0.2) is 0 Å². The van der Waals surface area contributed by atoms with Crippen molar-refractivity contribution in [2.75, 3.05) is 13.7 Å². The Bertz CT molecular complexity index is 743. The smallest absolute Gasteiger partial charge is 0.316 e. The zero-order valence-corrected chi connectivity index (χ0v) is 11.8. The van der Waals surface area contributed by atoms with E-state index in [0.29, 0.717) is 12.6 Å². The van der Waals surface area contributed by atoms with Gasteiger partial charge in [0.2, 0.25) is 0 Å². The lowest BCUT2D eigenvalue weighted by Gasteiger charge is -2.06. The Labute approximate surface area is 123 Å². The molecular weight excluding hydrogens is 264 g/mol. The second kappa shape index (κ2) is 6.22. The van der Waals surface area contributed by atoms with Crippen LogP contribution in [0, 0.1) is 0 Å². The van der Waals surface area contributed by atoms with Crippen LogP contribution in [0.3, 0.4) is 0 Å². The van der Waals surface area contributed by atoms with Crippen molar-refractivity contribution < 1.29 is 9.47 Å². The molecule has 0 unspecified atom stereocenters. The highest BCUT2D eigenvalue weighted by atomic mass is 16.5. The molecule has 1 heterocycles. The lowest BCUT2D eigenvalue weighted by molar-refractivity contribution is 0.297. The molecule has 0 atom stereocenters. The summed E-state index contributed by atoms with van der Waals surface area (Å²) in [6, 6.07) is 16.2. The molecule has 0 aliphatic rings. The molecule has 4 heteroatoms. The Morgan fingerprint density at radius 2 is 1.95 bits per heavy atom. The Kier molecular flexibility index (Phi) is 3.96. The number of methoxy groups -OCH3 is 1. The molecule has 0 fully saturated rings.